The summed E-state index contributed by atoms with van der Waals surface area (Å²) in [5.41, 5.74) is 4.63. The molecule has 130 valence electrons. The predicted molar refractivity (Wildman–Crippen MR) is 99.3 cm³/mol. The van der Waals surface area contributed by atoms with Crippen molar-refractivity contribution < 1.29 is 4.79 Å². The Morgan fingerprint density at radius 2 is 1.88 bits per heavy atom. The Hall–Kier alpha value is -2.41. The van der Waals surface area contributed by atoms with Crippen molar-refractivity contribution in [1.29, 1.82) is 0 Å². The molecule has 1 amide bonds. The van der Waals surface area contributed by atoms with Gasteiger partial charge in [0, 0.05) is 18.8 Å². The molecule has 3 aromatic rings. The monoisotopic (exact) mass is 401 g/mol. The van der Waals surface area contributed by atoms with E-state index in [-0.39, 0.29) is 5.91 Å². The van der Waals surface area contributed by atoms with Gasteiger partial charge in [0.2, 0.25) is 0 Å². The summed E-state index contributed by atoms with van der Waals surface area (Å²) in [7, 11) is 1.85. The first-order valence-corrected chi connectivity index (χ1v) is 8.78. The fraction of sp³-hybridized carbons (Fsp3) is 0.278. The summed E-state index contributed by atoms with van der Waals surface area (Å²) in [5, 5.41) is 11.6. The predicted octanol–water partition coefficient (Wildman–Crippen LogP) is 2.97. The van der Waals surface area contributed by atoms with E-state index in [9.17, 15) is 4.79 Å². The molecule has 7 heteroatoms. The van der Waals surface area contributed by atoms with Crippen molar-refractivity contribution in [2.75, 3.05) is 0 Å². The third-order valence-electron chi connectivity index (χ3n) is 4.04. The molecule has 6 nitrogen and oxygen atoms in total. The van der Waals surface area contributed by atoms with Crippen LogP contribution in [0.25, 0.3) is 0 Å². The molecule has 0 aliphatic rings. The summed E-state index contributed by atoms with van der Waals surface area (Å²) in [6.07, 6.45) is 1.85. The lowest BCUT2D eigenvalue weighted by Crippen LogP contribution is -2.23. The van der Waals surface area contributed by atoms with E-state index in [0.717, 1.165) is 27.1 Å². The van der Waals surface area contributed by atoms with Gasteiger partial charge in [0.05, 0.1) is 34.6 Å². The van der Waals surface area contributed by atoms with E-state index < -0.39 is 0 Å². The number of aromatic nitrogens is 4. The summed E-state index contributed by atoms with van der Waals surface area (Å²) in [4.78, 5) is 12.2. The Morgan fingerprint density at radius 3 is 2.44 bits per heavy atom. The maximum Gasteiger partial charge on any atom is 0.251 e. The van der Waals surface area contributed by atoms with Gasteiger partial charge in [-0.1, -0.05) is 12.1 Å². The summed E-state index contributed by atoms with van der Waals surface area (Å²) < 4.78 is 4.71. The fourth-order valence-corrected chi connectivity index (χ4v) is 2.88. The van der Waals surface area contributed by atoms with Crippen LogP contribution in [0.1, 0.15) is 33.0 Å². The minimum Gasteiger partial charge on any atom is -0.346 e. The van der Waals surface area contributed by atoms with E-state index in [0.29, 0.717) is 18.7 Å². The first kappa shape index (κ1) is 17.4. The third-order valence-corrected chi connectivity index (χ3v) is 5.19. The van der Waals surface area contributed by atoms with Crippen molar-refractivity contribution in [2.45, 2.75) is 26.9 Å². The molecule has 0 fully saturated rings. The molecule has 1 aromatic carbocycles. The number of nitrogens with zero attached hydrogens (tertiary/aromatic N) is 4. The minimum absolute atomic E-state index is 0.105. The van der Waals surface area contributed by atoms with Crippen molar-refractivity contribution in [1.82, 2.24) is 24.9 Å². The lowest BCUT2D eigenvalue weighted by atomic mass is 10.1. The van der Waals surface area contributed by atoms with E-state index in [1.54, 1.807) is 4.68 Å². The molecule has 0 radical (unpaired) electrons. The molecule has 0 unspecified atom stereocenters. The molecule has 2 aromatic heterocycles. The van der Waals surface area contributed by atoms with Gasteiger partial charge in [0.25, 0.3) is 5.91 Å². The Labute approximate surface area is 155 Å². The molecular weight excluding hydrogens is 382 g/mol. The number of nitrogens with one attached hydrogen (secondary N) is 1. The second-order valence-corrected chi connectivity index (χ2v) is 6.80. The molecule has 25 heavy (non-hydrogen) atoms. The van der Waals surface area contributed by atoms with Gasteiger partial charge in [-0.2, -0.15) is 10.2 Å². The number of hydrogen-bond donors (Lipinski definition) is 1. The molecule has 0 aliphatic heterocycles. The van der Waals surface area contributed by atoms with Crippen LogP contribution in [0.4, 0.5) is 0 Å². The van der Waals surface area contributed by atoms with Crippen LogP contribution in [-0.4, -0.2) is 25.5 Å². The van der Waals surface area contributed by atoms with E-state index in [1.807, 2.05) is 62.1 Å². The Morgan fingerprint density at radius 1 is 1.16 bits per heavy atom. The maximum absolute atomic E-state index is 12.2. The maximum atomic E-state index is 12.2. The third kappa shape index (κ3) is 3.99. The zero-order valence-corrected chi connectivity index (χ0v) is 16.0. The molecule has 0 aliphatic carbocycles. The fourth-order valence-electron chi connectivity index (χ4n) is 2.59. The highest BCUT2D eigenvalue weighted by Crippen LogP contribution is 2.20. The van der Waals surface area contributed by atoms with Gasteiger partial charge in [-0.15, -0.1) is 0 Å². The molecule has 0 saturated carbocycles. The summed E-state index contributed by atoms with van der Waals surface area (Å²) in [6, 6.07) is 9.48. The van der Waals surface area contributed by atoms with Crippen molar-refractivity contribution in [3.05, 3.63) is 69.2 Å². The van der Waals surface area contributed by atoms with Crippen LogP contribution < -0.4 is 5.32 Å². The van der Waals surface area contributed by atoms with Crippen LogP contribution in [-0.2, 0) is 20.1 Å². The Balaban J connectivity index is 1.63. The highest BCUT2D eigenvalue weighted by atomic mass is 79.9. The second kappa shape index (κ2) is 7.23. The Bertz CT molecular complexity index is 895. The number of hydrogen-bond acceptors (Lipinski definition) is 3. The number of rotatable bonds is 5. The SMILES string of the molecule is Cc1nn(Cc2ccc(C(=O)NCc3ccn(C)n3)cc2)c(C)c1Br. The van der Waals surface area contributed by atoms with Crippen LogP contribution in [0.3, 0.4) is 0 Å². The van der Waals surface area contributed by atoms with E-state index in [4.69, 9.17) is 0 Å². The van der Waals surface area contributed by atoms with Crippen molar-refractivity contribution in [3.63, 3.8) is 0 Å². The minimum atomic E-state index is -0.105. The van der Waals surface area contributed by atoms with Gasteiger partial charge in [-0.25, -0.2) is 0 Å². The smallest absolute Gasteiger partial charge is 0.251 e. The van der Waals surface area contributed by atoms with Gasteiger partial charge >= 0.3 is 0 Å². The zero-order valence-electron chi connectivity index (χ0n) is 14.5. The van der Waals surface area contributed by atoms with Gasteiger partial charge in [-0.05, 0) is 53.5 Å². The topological polar surface area (TPSA) is 64.7 Å². The lowest BCUT2D eigenvalue weighted by Gasteiger charge is -2.07. The van der Waals surface area contributed by atoms with Gasteiger partial charge < -0.3 is 5.32 Å². The molecule has 0 spiro atoms. The quantitative estimate of drug-likeness (QED) is 0.714. The number of benzene rings is 1. The van der Waals surface area contributed by atoms with Crippen LogP contribution >= 0.6 is 15.9 Å². The highest BCUT2D eigenvalue weighted by Gasteiger charge is 2.10. The highest BCUT2D eigenvalue weighted by molar-refractivity contribution is 9.10. The summed E-state index contributed by atoms with van der Waals surface area (Å²) in [6.45, 7) is 5.10. The molecule has 3 rings (SSSR count). The zero-order chi connectivity index (χ0) is 18.0. The van der Waals surface area contributed by atoms with E-state index in [2.05, 4.69) is 31.4 Å². The van der Waals surface area contributed by atoms with Gasteiger partial charge in [-0.3, -0.25) is 14.2 Å². The first-order valence-electron chi connectivity index (χ1n) is 7.99. The average Bonchev–Trinajstić information content (AvgIpc) is 3.12. The number of aryl methyl sites for hydroxylation is 2. The number of halogens is 1. The number of carbonyl (C=O) groups excluding carboxylic acids is 1. The number of amides is 1. The second-order valence-electron chi connectivity index (χ2n) is 6.00. The summed E-state index contributed by atoms with van der Waals surface area (Å²) >= 11 is 3.54. The lowest BCUT2D eigenvalue weighted by molar-refractivity contribution is 0.0950. The average molecular weight is 402 g/mol. The van der Waals surface area contributed by atoms with E-state index >= 15 is 0 Å². The van der Waals surface area contributed by atoms with Crippen LogP contribution in [0.2, 0.25) is 0 Å². The number of carbonyl (C=O) groups is 1. The molecule has 0 bridgehead atoms. The standard InChI is InChI=1S/C18H20BrN5O/c1-12-17(19)13(2)24(21-12)11-14-4-6-15(7-5-14)18(25)20-10-16-8-9-23(3)22-16/h4-9H,10-11H2,1-3H3,(H,20,25). The van der Waals surface area contributed by atoms with Gasteiger partial charge in [0.1, 0.15) is 0 Å². The molecule has 2 heterocycles. The molecule has 0 saturated heterocycles. The largest absolute Gasteiger partial charge is 0.346 e. The van der Waals surface area contributed by atoms with Crippen LogP contribution in [0, 0.1) is 13.8 Å². The van der Waals surface area contributed by atoms with Crippen molar-refractivity contribution in [3.8, 4) is 0 Å². The van der Waals surface area contributed by atoms with E-state index in [1.165, 1.54) is 0 Å². The summed E-state index contributed by atoms with van der Waals surface area (Å²) in [5.74, 6) is -0.105. The van der Waals surface area contributed by atoms with Gasteiger partial charge in [0.15, 0.2) is 0 Å². The molecule has 1 N–H and O–H groups in total. The normalized spacial score (nSPS) is 10.9. The van der Waals surface area contributed by atoms with Crippen LogP contribution in [0.5, 0.6) is 0 Å². The Kier molecular flexibility index (Phi) is 5.03. The van der Waals surface area contributed by atoms with Crippen molar-refractivity contribution >= 4 is 21.8 Å². The first-order chi connectivity index (χ1) is 11.9. The van der Waals surface area contributed by atoms with Crippen molar-refractivity contribution in [2.24, 2.45) is 7.05 Å². The molecule has 0 atom stereocenters. The molecular formula is C18H20BrN5O. The van der Waals surface area contributed by atoms with Crippen LogP contribution in [0.15, 0.2) is 41.0 Å².